The molecule has 4 nitrogen and oxygen atoms in total. The number of rotatable bonds is 3. The first-order valence-electron chi connectivity index (χ1n) is 8.03. The van der Waals surface area contributed by atoms with Crippen molar-refractivity contribution in [2.24, 2.45) is 0 Å². The molecule has 1 aliphatic heterocycles. The Labute approximate surface area is 149 Å². The molecule has 1 amide bonds. The number of halogens is 2. The quantitative estimate of drug-likeness (QED) is 0.749. The van der Waals surface area contributed by atoms with Gasteiger partial charge in [-0.3, -0.25) is 4.79 Å². The summed E-state index contributed by atoms with van der Waals surface area (Å²) in [5.74, 6) is 0.251. The highest BCUT2D eigenvalue weighted by atomic mass is 35.5. The molecule has 126 valence electrons. The third-order valence-corrected chi connectivity index (χ3v) is 4.62. The third kappa shape index (κ3) is 3.03. The number of aromatic nitrogens is 2. The molecule has 0 saturated carbocycles. The van der Waals surface area contributed by atoms with Gasteiger partial charge in [0.05, 0.1) is 22.5 Å². The lowest BCUT2D eigenvalue weighted by Crippen LogP contribution is -2.12. The maximum atomic E-state index is 13.1. The Balaban J connectivity index is 1.60. The van der Waals surface area contributed by atoms with Gasteiger partial charge in [-0.05, 0) is 36.8 Å². The second-order valence-corrected chi connectivity index (χ2v) is 6.38. The second-order valence-electron chi connectivity index (χ2n) is 5.97. The predicted molar refractivity (Wildman–Crippen MR) is 95.3 cm³/mol. The van der Waals surface area contributed by atoms with Crippen molar-refractivity contribution < 1.29 is 9.18 Å². The minimum atomic E-state index is -0.474. The molecule has 1 aromatic heterocycles. The molecule has 0 unspecified atom stereocenters. The summed E-state index contributed by atoms with van der Waals surface area (Å²) in [6.07, 6.45) is 3.97. The molecule has 0 bridgehead atoms. The Morgan fingerprint density at radius 1 is 1.24 bits per heavy atom. The van der Waals surface area contributed by atoms with Crippen LogP contribution >= 0.6 is 11.6 Å². The Morgan fingerprint density at radius 3 is 2.96 bits per heavy atom. The van der Waals surface area contributed by atoms with Gasteiger partial charge >= 0.3 is 0 Å². The van der Waals surface area contributed by atoms with Crippen LogP contribution in [0.15, 0.2) is 48.7 Å². The van der Waals surface area contributed by atoms with E-state index in [1.165, 1.54) is 12.1 Å². The normalized spacial score (nSPS) is 12.9. The van der Waals surface area contributed by atoms with Crippen LogP contribution in [0.25, 0.3) is 11.3 Å². The Morgan fingerprint density at radius 2 is 2.12 bits per heavy atom. The highest BCUT2D eigenvalue weighted by Gasteiger charge is 2.17. The first kappa shape index (κ1) is 15.8. The number of nitrogens with one attached hydrogen (secondary N) is 1. The summed E-state index contributed by atoms with van der Waals surface area (Å²) < 4.78 is 15.3. The Kier molecular flexibility index (Phi) is 4.01. The zero-order valence-corrected chi connectivity index (χ0v) is 14.1. The molecule has 0 radical (unpaired) electrons. The van der Waals surface area contributed by atoms with E-state index in [0.29, 0.717) is 5.69 Å². The smallest absolute Gasteiger partial charge is 0.257 e. The fourth-order valence-corrected chi connectivity index (χ4v) is 3.37. The van der Waals surface area contributed by atoms with Gasteiger partial charge in [0.25, 0.3) is 5.91 Å². The van der Waals surface area contributed by atoms with Gasteiger partial charge < -0.3 is 9.88 Å². The number of hydrogen-bond acceptors (Lipinski definition) is 2. The first-order chi connectivity index (χ1) is 12.1. The van der Waals surface area contributed by atoms with Gasteiger partial charge in [0.2, 0.25) is 0 Å². The number of hydrogen-bond donors (Lipinski definition) is 1. The van der Waals surface area contributed by atoms with E-state index in [9.17, 15) is 9.18 Å². The minimum Gasteiger partial charge on any atom is -0.328 e. The summed E-state index contributed by atoms with van der Waals surface area (Å²) in [7, 11) is 0. The number of aryl methyl sites for hydroxylation is 1. The number of nitrogens with zero attached hydrogens (tertiary/aromatic N) is 2. The number of imidazole rings is 1. The van der Waals surface area contributed by atoms with Crippen molar-refractivity contribution >= 4 is 23.2 Å². The minimum absolute atomic E-state index is 0.0854. The van der Waals surface area contributed by atoms with Crippen LogP contribution in [-0.2, 0) is 13.0 Å². The molecular formula is C19H15ClFN3O. The maximum absolute atomic E-state index is 13.1. The van der Waals surface area contributed by atoms with Crippen LogP contribution in [0, 0.1) is 5.82 Å². The molecule has 1 aliphatic rings. The van der Waals surface area contributed by atoms with Gasteiger partial charge in [0.1, 0.15) is 11.6 Å². The van der Waals surface area contributed by atoms with E-state index < -0.39 is 5.82 Å². The molecule has 0 spiro atoms. The summed E-state index contributed by atoms with van der Waals surface area (Å²) in [5.41, 5.74) is 2.92. The van der Waals surface area contributed by atoms with Gasteiger partial charge in [-0.15, -0.1) is 0 Å². The van der Waals surface area contributed by atoms with Gasteiger partial charge in [0, 0.05) is 24.2 Å². The number of fused-ring (bicyclic) bond motifs is 1. The zero-order chi connectivity index (χ0) is 17.4. The fourth-order valence-electron chi connectivity index (χ4n) is 3.12. The predicted octanol–water partition coefficient (Wildman–Crippen LogP) is 4.54. The SMILES string of the molecule is O=C(Nc1cccc(-c2cnc3n2CCC3)c1)c1ccc(F)cc1Cl. The van der Waals surface area contributed by atoms with Gasteiger partial charge in [-0.2, -0.15) is 0 Å². The van der Waals surface area contributed by atoms with Crippen LogP contribution in [-0.4, -0.2) is 15.5 Å². The van der Waals surface area contributed by atoms with E-state index >= 15 is 0 Å². The monoisotopic (exact) mass is 355 g/mol. The largest absolute Gasteiger partial charge is 0.328 e. The van der Waals surface area contributed by atoms with E-state index in [1.54, 1.807) is 6.07 Å². The lowest BCUT2D eigenvalue weighted by Gasteiger charge is -2.10. The molecule has 0 aliphatic carbocycles. The average Bonchev–Trinajstić information content (AvgIpc) is 3.18. The maximum Gasteiger partial charge on any atom is 0.257 e. The van der Waals surface area contributed by atoms with Crippen LogP contribution in [0.1, 0.15) is 22.6 Å². The highest BCUT2D eigenvalue weighted by molar-refractivity contribution is 6.34. The summed E-state index contributed by atoms with van der Waals surface area (Å²) in [6.45, 7) is 0.965. The number of carbonyl (C=O) groups excluding carboxylic acids is 1. The van der Waals surface area contributed by atoms with Crippen LogP contribution < -0.4 is 5.32 Å². The van der Waals surface area contributed by atoms with E-state index in [-0.39, 0.29) is 16.5 Å². The molecule has 2 heterocycles. The van der Waals surface area contributed by atoms with Crippen LogP contribution in [0.2, 0.25) is 5.02 Å². The molecule has 6 heteroatoms. The van der Waals surface area contributed by atoms with Gasteiger partial charge in [-0.1, -0.05) is 23.7 Å². The van der Waals surface area contributed by atoms with E-state index in [0.717, 1.165) is 42.5 Å². The number of benzene rings is 2. The summed E-state index contributed by atoms with van der Waals surface area (Å²) >= 11 is 5.95. The molecule has 0 fully saturated rings. The highest BCUT2D eigenvalue weighted by Crippen LogP contribution is 2.28. The second kappa shape index (κ2) is 6.33. The number of amides is 1. The summed E-state index contributed by atoms with van der Waals surface area (Å²) in [5, 5.41) is 2.90. The molecule has 1 N–H and O–H groups in total. The molecule has 0 atom stereocenters. The van der Waals surface area contributed by atoms with Crippen molar-refractivity contribution in [3.05, 3.63) is 70.9 Å². The lowest BCUT2D eigenvalue weighted by molar-refractivity contribution is 0.102. The lowest BCUT2D eigenvalue weighted by atomic mass is 10.1. The van der Waals surface area contributed by atoms with E-state index in [4.69, 9.17) is 11.6 Å². The van der Waals surface area contributed by atoms with Crippen molar-refractivity contribution in [2.45, 2.75) is 19.4 Å². The van der Waals surface area contributed by atoms with Crippen LogP contribution in [0.4, 0.5) is 10.1 Å². The Bertz CT molecular complexity index is 967. The first-order valence-corrected chi connectivity index (χ1v) is 8.41. The number of anilines is 1. The topological polar surface area (TPSA) is 46.9 Å². The zero-order valence-electron chi connectivity index (χ0n) is 13.3. The van der Waals surface area contributed by atoms with Crippen molar-refractivity contribution in [2.75, 3.05) is 5.32 Å². The summed E-state index contributed by atoms with van der Waals surface area (Å²) in [4.78, 5) is 16.8. The van der Waals surface area contributed by atoms with Crippen LogP contribution in [0.3, 0.4) is 0 Å². The third-order valence-electron chi connectivity index (χ3n) is 4.31. The van der Waals surface area contributed by atoms with E-state index in [1.807, 2.05) is 24.4 Å². The van der Waals surface area contributed by atoms with E-state index in [2.05, 4.69) is 14.9 Å². The van der Waals surface area contributed by atoms with Crippen molar-refractivity contribution in [3.8, 4) is 11.3 Å². The molecule has 25 heavy (non-hydrogen) atoms. The Hall–Kier alpha value is -2.66. The molecule has 3 aromatic rings. The van der Waals surface area contributed by atoms with Gasteiger partial charge in [0.15, 0.2) is 0 Å². The standard InChI is InChI=1S/C19H15ClFN3O/c20-16-10-13(21)6-7-15(16)19(25)23-14-4-1-3-12(9-14)17-11-22-18-5-2-8-24(17)18/h1,3-4,6-7,9-11H,2,5,8H2,(H,23,25). The number of carbonyl (C=O) groups is 1. The van der Waals surface area contributed by atoms with Crippen molar-refractivity contribution in [1.29, 1.82) is 0 Å². The molecular weight excluding hydrogens is 341 g/mol. The molecule has 2 aromatic carbocycles. The van der Waals surface area contributed by atoms with Crippen molar-refractivity contribution in [1.82, 2.24) is 9.55 Å². The molecule has 0 saturated heterocycles. The average molecular weight is 356 g/mol. The molecule has 4 rings (SSSR count). The van der Waals surface area contributed by atoms with Gasteiger partial charge in [-0.25, -0.2) is 9.37 Å². The van der Waals surface area contributed by atoms with Crippen molar-refractivity contribution in [3.63, 3.8) is 0 Å². The summed E-state index contributed by atoms with van der Waals surface area (Å²) in [6, 6.07) is 11.3. The van der Waals surface area contributed by atoms with Crippen LogP contribution in [0.5, 0.6) is 0 Å². The fraction of sp³-hybridized carbons (Fsp3) is 0.158.